The molecule has 0 spiro atoms. The molecule has 0 aliphatic rings. The van der Waals surface area contributed by atoms with Gasteiger partial charge in [-0.1, -0.05) is 12.1 Å². The number of amides is 1. The molecule has 0 aliphatic heterocycles. The quantitative estimate of drug-likeness (QED) is 0.707. The number of nitrogen functional groups attached to an aromatic ring is 1. The Morgan fingerprint density at radius 2 is 1.92 bits per heavy atom. The summed E-state index contributed by atoms with van der Waals surface area (Å²) in [5, 5.41) is 2.44. The Kier molecular flexibility index (Phi) is 6.51. The molecule has 138 valence electrons. The molecular formula is C17H22N6O2S. The van der Waals surface area contributed by atoms with Crippen molar-refractivity contribution in [2.45, 2.75) is 24.9 Å². The largest absolute Gasteiger partial charge is 0.368 e. The van der Waals surface area contributed by atoms with Crippen LogP contribution in [0.5, 0.6) is 0 Å². The Balaban J connectivity index is 2.01. The van der Waals surface area contributed by atoms with Crippen LogP contribution in [0.15, 0.2) is 24.3 Å². The van der Waals surface area contributed by atoms with E-state index in [0.717, 1.165) is 0 Å². The van der Waals surface area contributed by atoms with Gasteiger partial charge in [-0.2, -0.15) is 15.0 Å². The van der Waals surface area contributed by atoms with Crippen LogP contribution in [0, 0.1) is 0 Å². The lowest BCUT2D eigenvalue weighted by molar-refractivity contribution is -0.115. The third-order valence-electron chi connectivity index (χ3n) is 3.48. The van der Waals surface area contributed by atoms with Crippen molar-refractivity contribution in [1.29, 1.82) is 0 Å². The van der Waals surface area contributed by atoms with Crippen molar-refractivity contribution in [3.05, 3.63) is 35.7 Å². The molecule has 0 aliphatic carbocycles. The normalized spacial score (nSPS) is 11.7. The summed E-state index contributed by atoms with van der Waals surface area (Å²) in [4.78, 5) is 38.3. The summed E-state index contributed by atoms with van der Waals surface area (Å²) in [6.07, 6.45) is 0. The summed E-state index contributed by atoms with van der Waals surface area (Å²) in [5.74, 6) is 1.25. The lowest BCUT2D eigenvalue weighted by atomic mass is 10.1. The van der Waals surface area contributed by atoms with Crippen LogP contribution in [-0.2, 0) is 10.5 Å². The van der Waals surface area contributed by atoms with Crippen molar-refractivity contribution < 1.29 is 9.59 Å². The number of rotatable bonds is 7. The first-order chi connectivity index (χ1) is 12.3. The van der Waals surface area contributed by atoms with E-state index < -0.39 is 0 Å². The second-order valence-corrected chi connectivity index (χ2v) is 7.18. The average molecular weight is 374 g/mol. The minimum atomic E-state index is -0.365. The highest BCUT2D eigenvalue weighted by atomic mass is 32.2. The Labute approximate surface area is 156 Å². The molecule has 0 unspecified atom stereocenters. The highest BCUT2D eigenvalue weighted by Crippen LogP contribution is 2.21. The summed E-state index contributed by atoms with van der Waals surface area (Å²) in [7, 11) is 3.63. The number of anilines is 3. The number of ketones is 1. The van der Waals surface area contributed by atoms with Crippen LogP contribution in [0.25, 0.3) is 0 Å². The molecule has 0 fully saturated rings. The zero-order valence-electron chi connectivity index (χ0n) is 15.2. The first-order valence-electron chi connectivity index (χ1n) is 7.98. The van der Waals surface area contributed by atoms with Crippen LogP contribution in [0.1, 0.15) is 30.0 Å². The Hall–Kier alpha value is -2.68. The standard InChI is InChI=1S/C17H22N6O2S/c1-10(24)12-7-5-6-8-13(12)19-15(25)11(2)26-9-14-20-16(18)22-17(21-14)23(3)4/h5-8,11H,9H2,1-4H3,(H,19,25)(H2,18,20,21,22)/t11-/m0/s1. The van der Waals surface area contributed by atoms with Gasteiger partial charge in [0.25, 0.3) is 0 Å². The van der Waals surface area contributed by atoms with Crippen LogP contribution >= 0.6 is 11.8 Å². The lowest BCUT2D eigenvalue weighted by Gasteiger charge is -2.14. The molecular weight excluding hydrogens is 352 g/mol. The number of thioether (sulfide) groups is 1. The summed E-state index contributed by atoms with van der Waals surface area (Å²) in [6, 6.07) is 6.93. The van der Waals surface area contributed by atoms with Gasteiger partial charge in [0.05, 0.1) is 16.7 Å². The van der Waals surface area contributed by atoms with Crippen molar-refractivity contribution >= 4 is 41.0 Å². The zero-order valence-corrected chi connectivity index (χ0v) is 16.0. The summed E-state index contributed by atoms with van der Waals surface area (Å²) >= 11 is 1.38. The third-order valence-corrected chi connectivity index (χ3v) is 4.62. The van der Waals surface area contributed by atoms with Gasteiger partial charge in [0.1, 0.15) is 5.82 Å². The minimum Gasteiger partial charge on any atom is -0.368 e. The molecule has 26 heavy (non-hydrogen) atoms. The van der Waals surface area contributed by atoms with Crippen molar-refractivity contribution in [3.8, 4) is 0 Å². The Morgan fingerprint density at radius 1 is 1.23 bits per heavy atom. The molecule has 9 heteroatoms. The van der Waals surface area contributed by atoms with E-state index in [4.69, 9.17) is 5.73 Å². The Morgan fingerprint density at radius 3 is 2.58 bits per heavy atom. The molecule has 1 aromatic heterocycles. The smallest absolute Gasteiger partial charge is 0.237 e. The lowest BCUT2D eigenvalue weighted by Crippen LogP contribution is -2.24. The van der Waals surface area contributed by atoms with E-state index in [1.165, 1.54) is 18.7 Å². The van der Waals surface area contributed by atoms with Gasteiger partial charge in [-0.3, -0.25) is 9.59 Å². The first-order valence-corrected chi connectivity index (χ1v) is 9.03. The summed E-state index contributed by atoms with van der Waals surface area (Å²) < 4.78 is 0. The molecule has 8 nitrogen and oxygen atoms in total. The molecule has 1 heterocycles. The number of hydrogen-bond donors (Lipinski definition) is 2. The second-order valence-electron chi connectivity index (χ2n) is 5.85. The minimum absolute atomic E-state index is 0.0990. The van der Waals surface area contributed by atoms with Crippen LogP contribution in [0.3, 0.4) is 0 Å². The van der Waals surface area contributed by atoms with Gasteiger partial charge in [0, 0.05) is 19.7 Å². The number of benzene rings is 1. The maximum absolute atomic E-state index is 12.4. The van der Waals surface area contributed by atoms with E-state index in [1.54, 1.807) is 36.1 Å². The van der Waals surface area contributed by atoms with Crippen LogP contribution in [-0.4, -0.2) is 46.0 Å². The third kappa shape index (κ3) is 5.16. The molecule has 0 saturated carbocycles. The number of hydrogen-bond acceptors (Lipinski definition) is 8. The SMILES string of the molecule is CC(=O)c1ccccc1NC(=O)[C@H](C)SCc1nc(N)nc(N(C)C)n1. The number of Topliss-reactive ketones (excluding diaryl/α,β-unsaturated/α-hetero) is 1. The molecule has 0 radical (unpaired) electrons. The highest BCUT2D eigenvalue weighted by Gasteiger charge is 2.17. The van der Waals surface area contributed by atoms with E-state index >= 15 is 0 Å². The fourth-order valence-electron chi connectivity index (χ4n) is 2.10. The number of nitrogens with two attached hydrogens (primary N) is 1. The zero-order chi connectivity index (χ0) is 19.3. The molecule has 1 aromatic carbocycles. The molecule has 0 saturated heterocycles. The predicted molar refractivity (Wildman–Crippen MR) is 104 cm³/mol. The Bertz CT molecular complexity index is 812. The number of carbonyl (C=O) groups is 2. The number of carbonyl (C=O) groups excluding carboxylic acids is 2. The molecule has 2 rings (SSSR count). The van der Waals surface area contributed by atoms with Gasteiger partial charge in [-0.15, -0.1) is 11.8 Å². The van der Waals surface area contributed by atoms with Gasteiger partial charge in [0.15, 0.2) is 5.78 Å². The van der Waals surface area contributed by atoms with Crippen molar-refractivity contribution in [1.82, 2.24) is 15.0 Å². The first kappa shape index (κ1) is 19.6. The van der Waals surface area contributed by atoms with Gasteiger partial charge in [-0.25, -0.2) is 0 Å². The van der Waals surface area contributed by atoms with Gasteiger partial charge in [-0.05, 0) is 26.0 Å². The monoisotopic (exact) mass is 374 g/mol. The number of nitrogens with zero attached hydrogens (tertiary/aromatic N) is 4. The number of aromatic nitrogens is 3. The van der Waals surface area contributed by atoms with Crippen molar-refractivity contribution in [3.63, 3.8) is 0 Å². The van der Waals surface area contributed by atoms with Crippen LogP contribution < -0.4 is 16.0 Å². The van der Waals surface area contributed by atoms with E-state index in [9.17, 15) is 9.59 Å². The van der Waals surface area contributed by atoms with Crippen LogP contribution in [0.4, 0.5) is 17.6 Å². The van der Waals surface area contributed by atoms with Crippen molar-refractivity contribution in [2.75, 3.05) is 30.0 Å². The average Bonchev–Trinajstić information content (AvgIpc) is 2.59. The van der Waals surface area contributed by atoms with Gasteiger partial charge >= 0.3 is 0 Å². The van der Waals surface area contributed by atoms with E-state index in [-0.39, 0.29) is 22.9 Å². The van der Waals surface area contributed by atoms with Crippen molar-refractivity contribution in [2.24, 2.45) is 0 Å². The van der Waals surface area contributed by atoms with E-state index in [0.29, 0.717) is 28.8 Å². The summed E-state index contributed by atoms with van der Waals surface area (Å²) in [6.45, 7) is 3.25. The molecule has 1 atom stereocenters. The fourth-order valence-corrected chi connectivity index (χ4v) is 2.84. The van der Waals surface area contributed by atoms with Gasteiger partial charge < -0.3 is 16.0 Å². The molecule has 0 bridgehead atoms. The van der Waals surface area contributed by atoms with Gasteiger partial charge in [0.2, 0.25) is 17.8 Å². The number of para-hydroxylation sites is 1. The second kappa shape index (κ2) is 8.61. The summed E-state index contributed by atoms with van der Waals surface area (Å²) in [5.41, 5.74) is 6.70. The molecule has 1 amide bonds. The fraction of sp³-hybridized carbons (Fsp3) is 0.353. The van der Waals surface area contributed by atoms with Crippen LogP contribution in [0.2, 0.25) is 0 Å². The molecule has 3 N–H and O–H groups in total. The maximum Gasteiger partial charge on any atom is 0.237 e. The van der Waals surface area contributed by atoms with E-state index in [2.05, 4.69) is 20.3 Å². The highest BCUT2D eigenvalue weighted by molar-refractivity contribution is 7.99. The maximum atomic E-state index is 12.4. The number of nitrogens with one attached hydrogen (secondary N) is 1. The molecule has 2 aromatic rings. The predicted octanol–water partition coefficient (Wildman–Crippen LogP) is 1.98. The topological polar surface area (TPSA) is 114 Å². The van der Waals surface area contributed by atoms with E-state index in [1.807, 2.05) is 14.1 Å².